The molecule has 1 aromatic heterocycles. The molecule has 0 fully saturated rings. The molecule has 4 heteroatoms. The highest BCUT2D eigenvalue weighted by Crippen LogP contribution is 2.20. The molecule has 94 valence electrons. The summed E-state index contributed by atoms with van der Waals surface area (Å²) in [5.41, 5.74) is 2.44. The zero-order chi connectivity index (χ0) is 13.1. The maximum Gasteiger partial charge on any atom is 0.153 e. The molecule has 1 heterocycles. The number of aromatic nitrogens is 2. The predicted molar refractivity (Wildman–Crippen MR) is 67.7 cm³/mol. The molecule has 0 saturated carbocycles. The second-order valence-corrected chi connectivity index (χ2v) is 4.00. The van der Waals surface area contributed by atoms with Crippen LogP contribution >= 0.6 is 0 Å². The van der Waals surface area contributed by atoms with E-state index in [0.717, 1.165) is 12.0 Å². The number of para-hydroxylation sites is 1. The van der Waals surface area contributed by atoms with Gasteiger partial charge in [-0.25, -0.2) is 9.07 Å². The number of hydrogen-bond acceptors (Lipinski definition) is 2. The first kappa shape index (κ1) is 12.5. The van der Waals surface area contributed by atoms with Crippen molar-refractivity contribution in [2.24, 2.45) is 0 Å². The highest BCUT2D eigenvalue weighted by molar-refractivity contribution is 5.78. The van der Waals surface area contributed by atoms with Crippen molar-refractivity contribution in [3.63, 3.8) is 0 Å². The second kappa shape index (κ2) is 5.12. The Kier molecular flexibility index (Phi) is 3.55. The lowest BCUT2D eigenvalue weighted by Crippen LogP contribution is -2.04. The van der Waals surface area contributed by atoms with Crippen LogP contribution in [0, 0.1) is 5.82 Å². The van der Waals surface area contributed by atoms with Crippen LogP contribution < -0.4 is 0 Å². The quantitative estimate of drug-likeness (QED) is 0.777. The van der Waals surface area contributed by atoms with Gasteiger partial charge in [0, 0.05) is 0 Å². The van der Waals surface area contributed by atoms with Crippen LogP contribution in [-0.4, -0.2) is 16.1 Å². The number of carbonyl (C=O) groups excluding carboxylic acids is 1. The van der Waals surface area contributed by atoms with E-state index in [1.807, 2.05) is 13.8 Å². The van der Waals surface area contributed by atoms with Crippen molar-refractivity contribution in [3.8, 4) is 5.69 Å². The van der Waals surface area contributed by atoms with E-state index < -0.39 is 0 Å². The van der Waals surface area contributed by atoms with Gasteiger partial charge in [0.2, 0.25) is 0 Å². The summed E-state index contributed by atoms with van der Waals surface area (Å²) in [5.74, 6) is -0.338. The fraction of sp³-hybridized carbons (Fsp3) is 0.286. The van der Waals surface area contributed by atoms with Crippen molar-refractivity contribution < 1.29 is 9.18 Å². The van der Waals surface area contributed by atoms with Gasteiger partial charge in [-0.1, -0.05) is 26.0 Å². The first-order valence-corrected chi connectivity index (χ1v) is 6.03. The van der Waals surface area contributed by atoms with Gasteiger partial charge in [-0.3, -0.25) is 4.79 Å². The molecule has 0 radical (unpaired) electrons. The number of aldehydes is 1. The first-order valence-electron chi connectivity index (χ1n) is 6.03. The Morgan fingerprint density at radius 1 is 1.28 bits per heavy atom. The van der Waals surface area contributed by atoms with E-state index in [0.29, 0.717) is 29.8 Å². The Balaban J connectivity index is 2.68. The minimum atomic E-state index is -0.338. The lowest BCUT2D eigenvalue weighted by atomic mass is 10.1. The van der Waals surface area contributed by atoms with Crippen molar-refractivity contribution in [3.05, 3.63) is 47.0 Å². The standard InChI is InChI=1S/C14H15FN2O/c1-3-12-10(9-18)13(4-2)17(16-12)14-8-6-5-7-11(14)15/h5-9H,3-4H2,1-2H3. The lowest BCUT2D eigenvalue weighted by molar-refractivity contribution is 0.112. The smallest absolute Gasteiger partial charge is 0.153 e. The number of carbonyl (C=O) groups is 1. The van der Waals surface area contributed by atoms with Crippen molar-refractivity contribution in [2.45, 2.75) is 26.7 Å². The Morgan fingerprint density at radius 2 is 2.00 bits per heavy atom. The third-order valence-corrected chi connectivity index (χ3v) is 2.97. The number of aryl methyl sites for hydroxylation is 1. The van der Waals surface area contributed by atoms with Crippen molar-refractivity contribution in [2.75, 3.05) is 0 Å². The van der Waals surface area contributed by atoms with Crippen LogP contribution in [0.4, 0.5) is 4.39 Å². The summed E-state index contributed by atoms with van der Waals surface area (Å²) in [6, 6.07) is 6.44. The molecular formula is C14H15FN2O. The molecule has 0 atom stereocenters. The summed E-state index contributed by atoms with van der Waals surface area (Å²) in [6.45, 7) is 3.86. The first-order chi connectivity index (χ1) is 8.72. The molecule has 1 aromatic carbocycles. The van der Waals surface area contributed by atoms with Gasteiger partial charge in [-0.2, -0.15) is 5.10 Å². The average molecular weight is 246 g/mol. The van der Waals surface area contributed by atoms with Gasteiger partial charge in [0.05, 0.1) is 17.0 Å². The molecule has 0 aliphatic rings. The van der Waals surface area contributed by atoms with Gasteiger partial charge in [0.1, 0.15) is 11.5 Å². The third kappa shape index (κ3) is 1.94. The fourth-order valence-corrected chi connectivity index (χ4v) is 2.08. The van der Waals surface area contributed by atoms with Crippen molar-refractivity contribution >= 4 is 6.29 Å². The highest BCUT2D eigenvalue weighted by atomic mass is 19.1. The van der Waals surface area contributed by atoms with Gasteiger partial charge in [0.15, 0.2) is 6.29 Å². The fourth-order valence-electron chi connectivity index (χ4n) is 2.08. The maximum absolute atomic E-state index is 13.8. The Bertz CT molecular complexity index is 575. The summed E-state index contributed by atoms with van der Waals surface area (Å²) in [6.07, 6.45) is 2.10. The molecule has 0 N–H and O–H groups in total. The maximum atomic E-state index is 13.8. The second-order valence-electron chi connectivity index (χ2n) is 4.00. The van der Waals surface area contributed by atoms with Crippen LogP contribution in [0.15, 0.2) is 24.3 Å². The lowest BCUT2D eigenvalue weighted by Gasteiger charge is -2.06. The SMILES string of the molecule is CCc1nn(-c2ccccc2F)c(CC)c1C=O. The molecule has 0 amide bonds. The van der Waals surface area contributed by atoms with Gasteiger partial charge >= 0.3 is 0 Å². The average Bonchev–Trinajstić information content (AvgIpc) is 2.76. The van der Waals surface area contributed by atoms with Gasteiger partial charge in [-0.15, -0.1) is 0 Å². The highest BCUT2D eigenvalue weighted by Gasteiger charge is 2.17. The minimum Gasteiger partial charge on any atom is -0.298 e. The van der Waals surface area contributed by atoms with E-state index in [1.165, 1.54) is 10.7 Å². The number of halogens is 1. The summed E-state index contributed by atoms with van der Waals surface area (Å²) < 4.78 is 15.3. The van der Waals surface area contributed by atoms with Crippen molar-refractivity contribution in [1.29, 1.82) is 0 Å². The molecule has 18 heavy (non-hydrogen) atoms. The predicted octanol–water partition coefficient (Wildman–Crippen LogP) is 2.95. The Hall–Kier alpha value is -1.97. The topological polar surface area (TPSA) is 34.9 Å². The van der Waals surface area contributed by atoms with E-state index in [4.69, 9.17) is 0 Å². The number of nitrogens with zero attached hydrogens (tertiary/aromatic N) is 2. The monoisotopic (exact) mass is 246 g/mol. The van der Waals surface area contributed by atoms with E-state index in [-0.39, 0.29) is 5.82 Å². The van der Waals surface area contributed by atoms with E-state index in [1.54, 1.807) is 18.2 Å². The van der Waals surface area contributed by atoms with Gasteiger partial charge in [0.25, 0.3) is 0 Å². The summed E-state index contributed by atoms with van der Waals surface area (Å²) >= 11 is 0. The van der Waals surface area contributed by atoms with Gasteiger partial charge < -0.3 is 0 Å². The van der Waals surface area contributed by atoms with Crippen LogP contribution in [0.5, 0.6) is 0 Å². The van der Waals surface area contributed by atoms with E-state index >= 15 is 0 Å². The van der Waals surface area contributed by atoms with Crippen molar-refractivity contribution in [1.82, 2.24) is 9.78 Å². The Labute approximate surface area is 105 Å². The van der Waals surface area contributed by atoms with Crippen LogP contribution in [-0.2, 0) is 12.8 Å². The van der Waals surface area contributed by atoms with Crippen LogP contribution in [0.2, 0.25) is 0 Å². The molecule has 0 saturated heterocycles. The number of benzene rings is 1. The summed E-state index contributed by atoms with van der Waals surface area (Å²) in [4.78, 5) is 11.1. The number of rotatable bonds is 4. The zero-order valence-corrected chi connectivity index (χ0v) is 10.5. The summed E-state index contributed by atoms with van der Waals surface area (Å²) in [5, 5.41) is 4.35. The molecule has 0 unspecified atom stereocenters. The normalized spacial score (nSPS) is 10.6. The molecule has 2 rings (SSSR count). The van der Waals surface area contributed by atoms with Crippen LogP contribution in [0.25, 0.3) is 5.69 Å². The largest absolute Gasteiger partial charge is 0.298 e. The number of hydrogen-bond donors (Lipinski definition) is 0. The molecule has 2 aromatic rings. The third-order valence-electron chi connectivity index (χ3n) is 2.97. The van der Waals surface area contributed by atoms with E-state index in [2.05, 4.69) is 5.10 Å². The Morgan fingerprint density at radius 3 is 2.56 bits per heavy atom. The van der Waals surface area contributed by atoms with Crippen LogP contribution in [0.3, 0.4) is 0 Å². The molecular weight excluding hydrogens is 231 g/mol. The molecule has 0 spiro atoms. The van der Waals surface area contributed by atoms with E-state index in [9.17, 15) is 9.18 Å². The summed E-state index contributed by atoms with van der Waals surface area (Å²) in [7, 11) is 0. The molecule has 0 bridgehead atoms. The molecule has 3 nitrogen and oxygen atoms in total. The van der Waals surface area contributed by atoms with Crippen LogP contribution in [0.1, 0.15) is 35.6 Å². The molecule has 0 aliphatic carbocycles. The minimum absolute atomic E-state index is 0.338. The van der Waals surface area contributed by atoms with Gasteiger partial charge in [-0.05, 0) is 25.0 Å². The zero-order valence-electron chi connectivity index (χ0n) is 10.5. The molecule has 0 aliphatic heterocycles.